The second kappa shape index (κ2) is 4.59. The summed E-state index contributed by atoms with van der Waals surface area (Å²) in [6, 6.07) is 0. The number of aldehydes is 1. The summed E-state index contributed by atoms with van der Waals surface area (Å²) in [5, 5.41) is 0. The molecule has 0 rings (SSSR count). The number of carbonyl (C=O) groups is 1. The Morgan fingerprint density at radius 2 is 2.00 bits per heavy atom. The third-order valence-electron chi connectivity index (χ3n) is 1.22. The van der Waals surface area contributed by atoms with Gasteiger partial charge in [-0.2, -0.15) is 13.2 Å². The van der Waals surface area contributed by atoms with Gasteiger partial charge in [0.05, 0.1) is 5.57 Å². The first kappa shape index (κ1) is 11.6. The van der Waals surface area contributed by atoms with E-state index < -0.39 is 17.3 Å². The van der Waals surface area contributed by atoms with Crippen molar-refractivity contribution < 1.29 is 18.0 Å². The lowest BCUT2D eigenvalue weighted by Crippen LogP contribution is -2.13. The molecule has 0 aliphatic carbocycles. The molecule has 0 fully saturated rings. The molecule has 0 bridgehead atoms. The smallest absolute Gasteiger partial charge is 0.298 e. The molecule has 0 amide bonds. The summed E-state index contributed by atoms with van der Waals surface area (Å²) in [6.45, 7) is 2.98. The van der Waals surface area contributed by atoms with Crippen molar-refractivity contribution in [3.8, 4) is 0 Å². The van der Waals surface area contributed by atoms with Crippen LogP contribution in [0.2, 0.25) is 0 Å². The molecule has 0 saturated carbocycles. The van der Waals surface area contributed by atoms with E-state index in [0.29, 0.717) is 6.08 Å². The average molecular weight is 191 g/mol. The van der Waals surface area contributed by atoms with Crippen molar-refractivity contribution in [3.63, 3.8) is 0 Å². The van der Waals surface area contributed by atoms with E-state index in [1.807, 2.05) is 0 Å². The highest BCUT2D eigenvalue weighted by Crippen LogP contribution is 2.27. The van der Waals surface area contributed by atoms with E-state index in [1.165, 1.54) is 7.05 Å². The lowest BCUT2D eigenvalue weighted by atomic mass is 10.1. The Kier molecular flexibility index (Phi) is 4.10. The Bertz CT molecular complexity index is 263. The lowest BCUT2D eigenvalue weighted by molar-refractivity contribution is -0.106. The number of halogens is 3. The Morgan fingerprint density at radius 3 is 2.23 bits per heavy atom. The molecule has 0 N–H and O–H groups in total. The molecular weight excluding hydrogens is 183 g/mol. The minimum absolute atomic E-state index is 0.0947. The van der Waals surface area contributed by atoms with Gasteiger partial charge >= 0.3 is 6.18 Å². The quantitative estimate of drug-likeness (QED) is 0.290. The van der Waals surface area contributed by atoms with E-state index in [4.69, 9.17) is 0 Å². The minimum atomic E-state index is -4.57. The van der Waals surface area contributed by atoms with Gasteiger partial charge in [-0.25, -0.2) is 0 Å². The maximum atomic E-state index is 12.1. The van der Waals surface area contributed by atoms with Crippen molar-refractivity contribution in [1.82, 2.24) is 0 Å². The minimum Gasteiger partial charge on any atom is -0.298 e. The summed E-state index contributed by atoms with van der Waals surface area (Å²) in [4.78, 5) is 13.6. The van der Waals surface area contributed by atoms with Crippen molar-refractivity contribution >= 4 is 12.5 Å². The molecule has 0 aromatic heterocycles. The third kappa shape index (κ3) is 3.23. The van der Waals surface area contributed by atoms with E-state index in [1.54, 1.807) is 0 Å². The number of hydrogen-bond acceptors (Lipinski definition) is 2. The Morgan fingerprint density at radius 1 is 1.46 bits per heavy atom. The highest BCUT2D eigenvalue weighted by Gasteiger charge is 2.33. The number of hydrogen-bond donors (Lipinski definition) is 0. The van der Waals surface area contributed by atoms with E-state index in [9.17, 15) is 18.0 Å². The second-order valence-corrected chi connectivity index (χ2v) is 2.08. The van der Waals surface area contributed by atoms with E-state index in [-0.39, 0.29) is 6.29 Å². The molecule has 0 aliphatic heterocycles. The van der Waals surface area contributed by atoms with Crippen LogP contribution >= 0.6 is 0 Å². The summed E-state index contributed by atoms with van der Waals surface area (Å²) in [6.07, 6.45) is -3.04. The van der Waals surface area contributed by atoms with Crippen LogP contribution < -0.4 is 0 Å². The molecule has 0 aromatic rings. The van der Waals surface area contributed by atoms with Crippen LogP contribution in [0.4, 0.5) is 13.2 Å². The summed E-state index contributed by atoms with van der Waals surface area (Å²) >= 11 is 0. The molecular formula is C8H8F3NO. The number of allylic oxidation sites excluding steroid dienone is 3. The van der Waals surface area contributed by atoms with Crippen molar-refractivity contribution in [1.29, 1.82) is 0 Å². The molecule has 0 spiro atoms. The Balaban J connectivity index is 5.30. The Hall–Kier alpha value is -1.39. The van der Waals surface area contributed by atoms with Crippen LogP contribution in [-0.2, 0) is 4.79 Å². The van der Waals surface area contributed by atoms with Crippen LogP contribution in [0.3, 0.4) is 0 Å². The summed E-state index contributed by atoms with van der Waals surface area (Å²) in [7, 11) is 1.28. The summed E-state index contributed by atoms with van der Waals surface area (Å²) < 4.78 is 36.4. The van der Waals surface area contributed by atoms with Gasteiger partial charge in [0.1, 0.15) is 0 Å². The van der Waals surface area contributed by atoms with Crippen LogP contribution in [0.15, 0.2) is 28.8 Å². The zero-order valence-electron chi connectivity index (χ0n) is 6.93. The number of nitrogens with zero attached hydrogens (tertiary/aromatic N) is 1. The maximum Gasteiger partial charge on any atom is 0.417 e. The van der Waals surface area contributed by atoms with E-state index in [2.05, 4.69) is 11.6 Å². The van der Waals surface area contributed by atoms with Gasteiger partial charge in [0, 0.05) is 18.8 Å². The standard InChI is InChI=1S/C8H8F3NO/c1-3-7(8(9,10)11)6(5-13)4-12-2/h3-5H,1H2,2H3/b7-6-,12-4?. The topological polar surface area (TPSA) is 29.4 Å². The van der Waals surface area contributed by atoms with Crippen LogP contribution in [0.5, 0.6) is 0 Å². The largest absolute Gasteiger partial charge is 0.417 e. The van der Waals surface area contributed by atoms with Crippen molar-refractivity contribution in [2.24, 2.45) is 4.99 Å². The molecule has 2 nitrogen and oxygen atoms in total. The second-order valence-electron chi connectivity index (χ2n) is 2.08. The third-order valence-corrected chi connectivity index (χ3v) is 1.22. The summed E-state index contributed by atoms with van der Waals surface area (Å²) in [5.41, 5.74) is -1.60. The molecule has 0 atom stereocenters. The predicted molar refractivity (Wildman–Crippen MR) is 43.8 cm³/mol. The number of carbonyl (C=O) groups excluding carboxylic acids is 1. The average Bonchev–Trinajstić information content (AvgIpc) is 2.01. The summed E-state index contributed by atoms with van der Waals surface area (Å²) in [5.74, 6) is 0. The van der Waals surface area contributed by atoms with Gasteiger partial charge in [-0.05, 0) is 0 Å². The van der Waals surface area contributed by atoms with E-state index in [0.717, 1.165) is 6.21 Å². The van der Waals surface area contributed by atoms with Gasteiger partial charge in [0.2, 0.25) is 0 Å². The fraction of sp³-hybridized carbons (Fsp3) is 0.250. The molecule has 0 aromatic carbocycles. The number of alkyl halides is 3. The van der Waals surface area contributed by atoms with Crippen molar-refractivity contribution in [2.75, 3.05) is 7.05 Å². The van der Waals surface area contributed by atoms with Gasteiger partial charge in [-0.1, -0.05) is 12.7 Å². The molecule has 13 heavy (non-hydrogen) atoms. The molecule has 0 saturated heterocycles. The molecule has 0 radical (unpaired) electrons. The van der Waals surface area contributed by atoms with Gasteiger partial charge < -0.3 is 0 Å². The van der Waals surface area contributed by atoms with Crippen molar-refractivity contribution in [2.45, 2.75) is 6.18 Å². The van der Waals surface area contributed by atoms with Crippen LogP contribution in [0.1, 0.15) is 0 Å². The van der Waals surface area contributed by atoms with Crippen molar-refractivity contribution in [3.05, 3.63) is 23.8 Å². The molecule has 0 unspecified atom stereocenters. The van der Waals surface area contributed by atoms with Gasteiger partial charge in [-0.15, -0.1) is 0 Å². The fourth-order valence-corrected chi connectivity index (χ4v) is 0.700. The van der Waals surface area contributed by atoms with Crippen LogP contribution in [0.25, 0.3) is 0 Å². The van der Waals surface area contributed by atoms with E-state index >= 15 is 0 Å². The van der Waals surface area contributed by atoms with Gasteiger partial charge in [0.15, 0.2) is 6.29 Å². The molecule has 0 heterocycles. The molecule has 5 heteroatoms. The lowest BCUT2D eigenvalue weighted by Gasteiger charge is -2.07. The SMILES string of the molecule is C=C/C(=C(/C=O)C=NC)C(F)(F)F. The molecule has 72 valence electrons. The first-order valence-electron chi connectivity index (χ1n) is 3.28. The normalized spacial score (nSPS) is 14.2. The molecule has 0 aliphatic rings. The first-order chi connectivity index (χ1) is 5.97. The Labute approximate surface area is 73.5 Å². The highest BCUT2D eigenvalue weighted by molar-refractivity contribution is 6.03. The monoisotopic (exact) mass is 191 g/mol. The zero-order valence-corrected chi connectivity index (χ0v) is 6.93. The maximum absolute atomic E-state index is 12.1. The highest BCUT2D eigenvalue weighted by atomic mass is 19.4. The number of rotatable bonds is 3. The first-order valence-corrected chi connectivity index (χ1v) is 3.28. The number of aliphatic imine (C=N–C) groups is 1. The zero-order chi connectivity index (χ0) is 10.5. The predicted octanol–water partition coefficient (Wildman–Crippen LogP) is 1.93. The fourth-order valence-electron chi connectivity index (χ4n) is 0.700. The van der Waals surface area contributed by atoms with Crippen LogP contribution in [-0.4, -0.2) is 25.7 Å². The van der Waals surface area contributed by atoms with Gasteiger partial charge in [0.25, 0.3) is 0 Å². The van der Waals surface area contributed by atoms with Crippen LogP contribution in [0, 0.1) is 0 Å². The van der Waals surface area contributed by atoms with Gasteiger partial charge in [-0.3, -0.25) is 9.79 Å².